The highest BCUT2D eigenvalue weighted by Gasteiger charge is 2.16. The zero-order valence-electron chi connectivity index (χ0n) is 14.4. The maximum absolute atomic E-state index is 5.97. The minimum absolute atomic E-state index is 0.484. The lowest BCUT2D eigenvalue weighted by Crippen LogP contribution is -2.48. The molecule has 5 heteroatoms. The minimum atomic E-state index is 0.484. The molecule has 1 aliphatic heterocycles. The molecule has 0 saturated carbocycles. The molecular weight excluding hydrogens is 302 g/mol. The molecule has 1 N–H and O–H groups in total. The Bertz CT molecular complexity index is 648. The van der Waals surface area contributed by atoms with Gasteiger partial charge in [0, 0.05) is 50.2 Å². The first kappa shape index (κ1) is 16.7. The van der Waals surface area contributed by atoms with E-state index in [0.29, 0.717) is 12.6 Å². The van der Waals surface area contributed by atoms with E-state index in [4.69, 9.17) is 9.47 Å². The maximum Gasteiger partial charge on any atom is 0.161 e. The lowest BCUT2D eigenvalue weighted by Gasteiger charge is -2.31. The van der Waals surface area contributed by atoms with E-state index in [2.05, 4.69) is 34.3 Å². The van der Waals surface area contributed by atoms with Gasteiger partial charge in [-0.15, -0.1) is 0 Å². The third kappa shape index (κ3) is 4.46. The molecule has 5 nitrogen and oxygen atoms in total. The molecule has 3 rings (SSSR count). The van der Waals surface area contributed by atoms with Crippen molar-refractivity contribution >= 4 is 0 Å². The number of piperazine rings is 1. The van der Waals surface area contributed by atoms with Crippen molar-refractivity contribution < 1.29 is 9.47 Å². The van der Waals surface area contributed by atoms with Crippen molar-refractivity contribution in [1.29, 1.82) is 0 Å². The highest BCUT2D eigenvalue weighted by atomic mass is 16.5. The summed E-state index contributed by atoms with van der Waals surface area (Å²) < 4.78 is 11.4. The van der Waals surface area contributed by atoms with Crippen LogP contribution in [0.5, 0.6) is 11.5 Å². The average Bonchev–Trinajstić information content (AvgIpc) is 2.61. The molecule has 1 aromatic heterocycles. The second-order valence-corrected chi connectivity index (χ2v) is 6.23. The van der Waals surface area contributed by atoms with Crippen LogP contribution in [0.4, 0.5) is 0 Å². The van der Waals surface area contributed by atoms with Crippen LogP contribution < -0.4 is 14.8 Å². The van der Waals surface area contributed by atoms with Gasteiger partial charge in [-0.3, -0.25) is 9.88 Å². The van der Waals surface area contributed by atoms with Crippen LogP contribution in [0.25, 0.3) is 0 Å². The van der Waals surface area contributed by atoms with Crippen LogP contribution in [0.15, 0.2) is 42.7 Å². The van der Waals surface area contributed by atoms with Crippen molar-refractivity contribution in [1.82, 2.24) is 15.2 Å². The zero-order chi connectivity index (χ0) is 16.8. The first-order valence-corrected chi connectivity index (χ1v) is 8.39. The summed E-state index contributed by atoms with van der Waals surface area (Å²) in [5, 5.41) is 3.47. The Kier molecular flexibility index (Phi) is 5.67. The van der Waals surface area contributed by atoms with Gasteiger partial charge in [-0.2, -0.15) is 0 Å². The van der Waals surface area contributed by atoms with Crippen molar-refractivity contribution in [2.24, 2.45) is 0 Å². The van der Waals surface area contributed by atoms with Crippen LogP contribution in [0.2, 0.25) is 0 Å². The molecule has 2 aromatic rings. The molecule has 1 aliphatic rings. The van der Waals surface area contributed by atoms with Crippen LogP contribution in [0, 0.1) is 0 Å². The Morgan fingerprint density at radius 1 is 1.25 bits per heavy atom. The number of hydrogen-bond donors (Lipinski definition) is 1. The van der Waals surface area contributed by atoms with Gasteiger partial charge in [0.2, 0.25) is 0 Å². The fourth-order valence-electron chi connectivity index (χ4n) is 2.99. The summed E-state index contributed by atoms with van der Waals surface area (Å²) in [5.74, 6) is 1.54. The number of hydrogen-bond acceptors (Lipinski definition) is 5. The largest absolute Gasteiger partial charge is 0.493 e. The Labute approximate surface area is 143 Å². The summed E-state index contributed by atoms with van der Waals surface area (Å²) in [6, 6.07) is 10.6. The first-order valence-electron chi connectivity index (χ1n) is 8.39. The predicted octanol–water partition coefficient (Wildman–Crippen LogP) is 2.46. The van der Waals surface area contributed by atoms with Gasteiger partial charge in [-0.05, 0) is 30.7 Å². The second kappa shape index (κ2) is 8.13. The molecule has 1 saturated heterocycles. The Balaban J connectivity index is 1.68. The molecule has 2 heterocycles. The highest BCUT2D eigenvalue weighted by molar-refractivity contribution is 5.43. The van der Waals surface area contributed by atoms with E-state index >= 15 is 0 Å². The van der Waals surface area contributed by atoms with Gasteiger partial charge < -0.3 is 14.8 Å². The fourth-order valence-corrected chi connectivity index (χ4v) is 2.99. The van der Waals surface area contributed by atoms with E-state index in [1.54, 1.807) is 13.3 Å². The van der Waals surface area contributed by atoms with Gasteiger partial charge in [-0.1, -0.05) is 12.1 Å². The van der Waals surface area contributed by atoms with E-state index in [1.807, 2.05) is 24.4 Å². The molecule has 0 aliphatic carbocycles. The summed E-state index contributed by atoms with van der Waals surface area (Å²) in [6.07, 6.45) is 3.58. The summed E-state index contributed by atoms with van der Waals surface area (Å²) in [7, 11) is 1.67. The number of nitrogens with zero attached hydrogens (tertiary/aromatic N) is 2. The number of pyridine rings is 1. The molecule has 24 heavy (non-hydrogen) atoms. The number of aromatic nitrogens is 1. The minimum Gasteiger partial charge on any atom is -0.493 e. The number of methoxy groups -OCH3 is 1. The van der Waals surface area contributed by atoms with Gasteiger partial charge in [0.05, 0.1) is 7.11 Å². The van der Waals surface area contributed by atoms with Crippen LogP contribution in [-0.4, -0.2) is 42.7 Å². The Morgan fingerprint density at radius 3 is 2.92 bits per heavy atom. The molecule has 1 aromatic carbocycles. The van der Waals surface area contributed by atoms with Crippen molar-refractivity contribution in [3.05, 3.63) is 53.9 Å². The van der Waals surface area contributed by atoms with E-state index in [9.17, 15) is 0 Å². The molecule has 1 atom stereocenters. The van der Waals surface area contributed by atoms with E-state index in [0.717, 1.165) is 43.2 Å². The monoisotopic (exact) mass is 327 g/mol. The van der Waals surface area contributed by atoms with Crippen LogP contribution in [0.3, 0.4) is 0 Å². The molecule has 0 bridgehead atoms. The van der Waals surface area contributed by atoms with Crippen molar-refractivity contribution in [3.63, 3.8) is 0 Å². The van der Waals surface area contributed by atoms with Crippen molar-refractivity contribution in [3.8, 4) is 11.5 Å². The van der Waals surface area contributed by atoms with E-state index in [1.165, 1.54) is 5.56 Å². The fraction of sp³-hybridized carbons (Fsp3) is 0.421. The van der Waals surface area contributed by atoms with Gasteiger partial charge in [0.1, 0.15) is 6.61 Å². The van der Waals surface area contributed by atoms with Crippen LogP contribution >= 0.6 is 0 Å². The van der Waals surface area contributed by atoms with E-state index in [-0.39, 0.29) is 0 Å². The Hall–Kier alpha value is -2.11. The van der Waals surface area contributed by atoms with Gasteiger partial charge in [0.25, 0.3) is 0 Å². The van der Waals surface area contributed by atoms with Crippen molar-refractivity contribution in [2.75, 3.05) is 26.7 Å². The molecule has 0 amide bonds. The first-order chi connectivity index (χ1) is 11.7. The third-order valence-corrected chi connectivity index (χ3v) is 4.20. The third-order valence-electron chi connectivity index (χ3n) is 4.20. The van der Waals surface area contributed by atoms with E-state index < -0.39 is 0 Å². The van der Waals surface area contributed by atoms with Crippen LogP contribution in [0.1, 0.15) is 18.1 Å². The van der Waals surface area contributed by atoms with Gasteiger partial charge in [-0.25, -0.2) is 0 Å². The van der Waals surface area contributed by atoms with Crippen molar-refractivity contribution in [2.45, 2.75) is 26.1 Å². The molecule has 128 valence electrons. The SMILES string of the molecule is COc1ccc(CN2CCN[C@@H](C)C2)cc1OCc1cccnc1. The zero-order valence-corrected chi connectivity index (χ0v) is 14.4. The molecule has 0 spiro atoms. The summed E-state index contributed by atoms with van der Waals surface area (Å²) in [5.41, 5.74) is 2.28. The topological polar surface area (TPSA) is 46.6 Å². The lowest BCUT2D eigenvalue weighted by atomic mass is 10.1. The molecule has 0 unspecified atom stereocenters. The highest BCUT2D eigenvalue weighted by Crippen LogP contribution is 2.29. The predicted molar refractivity (Wildman–Crippen MR) is 94.3 cm³/mol. The molecule has 1 fully saturated rings. The average molecular weight is 327 g/mol. The quantitative estimate of drug-likeness (QED) is 0.883. The maximum atomic E-state index is 5.97. The van der Waals surface area contributed by atoms with Gasteiger partial charge >= 0.3 is 0 Å². The van der Waals surface area contributed by atoms with Crippen LogP contribution in [-0.2, 0) is 13.2 Å². The molecule has 0 radical (unpaired) electrons. The number of rotatable bonds is 6. The number of benzene rings is 1. The smallest absolute Gasteiger partial charge is 0.161 e. The normalized spacial score (nSPS) is 18.3. The number of ether oxygens (including phenoxy) is 2. The second-order valence-electron chi connectivity index (χ2n) is 6.23. The lowest BCUT2D eigenvalue weighted by molar-refractivity contribution is 0.199. The Morgan fingerprint density at radius 2 is 2.17 bits per heavy atom. The summed E-state index contributed by atoms with van der Waals surface area (Å²) in [4.78, 5) is 6.58. The van der Waals surface area contributed by atoms with Gasteiger partial charge in [0.15, 0.2) is 11.5 Å². The standard InChI is InChI=1S/C19H25N3O2/c1-15-12-22(9-8-21-15)13-16-5-6-18(23-2)19(10-16)24-14-17-4-3-7-20-11-17/h3-7,10-11,15,21H,8-9,12-14H2,1-2H3/t15-/m0/s1. The number of nitrogens with one attached hydrogen (secondary N) is 1. The summed E-state index contributed by atoms with van der Waals surface area (Å²) in [6.45, 7) is 6.82. The molecular formula is C19H25N3O2. The summed E-state index contributed by atoms with van der Waals surface area (Å²) >= 11 is 0.